The number of aliphatic hydroxyl groups is 1. The number of hydrogen-bond acceptors (Lipinski definition) is 6. The average molecular weight is 495 g/mol. The molecule has 0 saturated carbocycles. The molecule has 0 aliphatic rings. The molecule has 0 radical (unpaired) electrons. The van der Waals surface area contributed by atoms with Crippen LogP contribution in [0.2, 0.25) is 0 Å². The number of halogens is 3. The number of aliphatic hydroxyl groups excluding tert-OH is 1. The van der Waals surface area contributed by atoms with E-state index in [1.807, 2.05) is 24.3 Å². The molecule has 2 heterocycles. The van der Waals surface area contributed by atoms with Crippen LogP contribution in [0, 0.1) is 11.8 Å². The van der Waals surface area contributed by atoms with E-state index in [1.165, 1.54) is 23.5 Å². The number of fused-ring (bicyclic) bond motifs is 1. The molecule has 0 aliphatic heterocycles. The van der Waals surface area contributed by atoms with Crippen molar-refractivity contribution in [1.82, 2.24) is 9.97 Å². The van der Waals surface area contributed by atoms with Crippen molar-refractivity contribution in [3.05, 3.63) is 90.1 Å². The second kappa shape index (κ2) is 10.2. The molecule has 35 heavy (non-hydrogen) atoms. The van der Waals surface area contributed by atoms with Crippen LogP contribution < -0.4 is 11.1 Å². The van der Waals surface area contributed by atoms with Crippen molar-refractivity contribution in [3.8, 4) is 22.3 Å². The Bertz CT molecular complexity index is 1420. The maximum absolute atomic E-state index is 12.8. The third-order valence-electron chi connectivity index (χ3n) is 5.15. The number of rotatable bonds is 6. The molecule has 0 unspecified atom stereocenters. The second-order valence-corrected chi connectivity index (χ2v) is 8.87. The topological polar surface area (TPSA) is 84.1 Å². The second-order valence-electron chi connectivity index (χ2n) is 7.87. The van der Waals surface area contributed by atoms with Gasteiger partial charge in [-0.2, -0.15) is 13.2 Å². The summed E-state index contributed by atoms with van der Waals surface area (Å²) in [5.74, 6) is 5.13. The third-order valence-corrected chi connectivity index (χ3v) is 6.21. The molecule has 0 amide bonds. The summed E-state index contributed by atoms with van der Waals surface area (Å²) < 4.78 is 38.3. The molecular weight excluding hydrogens is 473 g/mol. The summed E-state index contributed by atoms with van der Waals surface area (Å²) >= 11 is 1.39. The number of alkyl halides is 3. The summed E-state index contributed by atoms with van der Waals surface area (Å²) in [4.78, 5) is 9.49. The Labute approximate surface area is 204 Å². The molecule has 2 aromatic carbocycles. The van der Waals surface area contributed by atoms with Gasteiger partial charge in [-0.3, -0.25) is 4.98 Å². The fraction of sp³-hybridized carbons (Fsp3) is 0.154. The molecular formula is C26H21F3N4OS. The summed E-state index contributed by atoms with van der Waals surface area (Å²) in [6.07, 6.45) is -0.456. The van der Waals surface area contributed by atoms with Gasteiger partial charge >= 0.3 is 6.18 Å². The van der Waals surface area contributed by atoms with Crippen LogP contribution in [-0.2, 0) is 12.6 Å². The van der Waals surface area contributed by atoms with Gasteiger partial charge in [-0.05, 0) is 65.6 Å². The molecule has 4 rings (SSSR count). The van der Waals surface area contributed by atoms with Crippen molar-refractivity contribution in [2.24, 2.45) is 5.73 Å². The minimum atomic E-state index is -4.37. The predicted molar refractivity (Wildman–Crippen MR) is 133 cm³/mol. The number of aromatic nitrogens is 2. The Morgan fingerprint density at radius 2 is 1.91 bits per heavy atom. The lowest BCUT2D eigenvalue weighted by Crippen LogP contribution is -2.31. The van der Waals surface area contributed by atoms with Crippen molar-refractivity contribution in [2.45, 2.75) is 18.6 Å². The molecule has 4 N–H and O–H groups in total. The van der Waals surface area contributed by atoms with Gasteiger partial charge in [0.1, 0.15) is 5.69 Å². The van der Waals surface area contributed by atoms with Crippen molar-refractivity contribution >= 4 is 27.2 Å². The van der Waals surface area contributed by atoms with Gasteiger partial charge in [-0.1, -0.05) is 35.6 Å². The quantitative estimate of drug-likeness (QED) is 0.234. The highest BCUT2D eigenvalue weighted by Gasteiger charge is 2.29. The van der Waals surface area contributed by atoms with E-state index in [9.17, 15) is 18.3 Å². The molecule has 0 fully saturated rings. The highest BCUT2D eigenvalue weighted by Crippen LogP contribution is 2.34. The summed E-state index contributed by atoms with van der Waals surface area (Å²) in [7, 11) is 0. The highest BCUT2D eigenvalue weighted by molar-refractivity contribution is 7.19. The molecule has 5 nitrogen and oxygen atoms in total. The van der Waals surface area contributed by atoms with Gasteiger partial charge < -0.3 is 16.2 Å². The van der Waals surface area contributed by atoms with E-state index in [0.717, 1.165) is 33.3 Å². The van der Waals surface area contributed by atoms with Gasteiger partial charge in [0, 0.05) is 30.4 Å². The van der Waals surface area contributed by atoms with Crippen molar-refractivity contribution in [3.63, 3.8) is 0 Å². The summed E-state index contributed by atoms with van der Waals surface area (Å²) in [5.41, 5.74) is 7.63. The minimum absolute atomic E-state index is 0.262. The Morgan fingerprint density at radius 3 is 2.63 bits per heavy atom. The van der Waals surface area contributed by atoms with Crippen LogP contribution in [0.5, 0.6) is 0 Å². The van der Waals surface area contributed by atoms with Crippen LogP contribution >= 0.6 is 11.3 Å². The first-order valence-electron chi connectivity index (χ1n) is 10.6. The predicted octanol–water partition coefficient (Wildman–Crippen LogP) is 5.78. The fourth-order valence-corrected chi connectivity index (χ4v) is 4.38. The summed E-state index contributed by atoms with van der Waals surface area (Å²) in [6.45, 7) is 3.75. The van der Waals surface area contributed by atoms with E-state index >= 15 is 0 Å². The van der Waals surface area contributed by atoms with Gasteiger partial charge in [-0.25, -0.2) is 4.98 Å². The Balaban J connectivity index is 1.50. The Hall–Kier alpha value is -3.87. The number of benzene rings is 2. The van der Waals surface area contributed by atoms with Crippen LogP contribution in [0.25, 0.3) is 21.2 Å². The number of nitrogens with one attached hydrogen (secondary N) is 1. The third kappa shape index (κ3) is 6.18. The van der Waals surface area contributed by atoms with Crippen LogP contribution in [0.4, 0.5) is 18.3 Å². The number of pyridine rings is 1. The number of allylic oxidation sites excluding steroid dienone is 1. The van der Waals surface area contributed by atoms with E-state index in [2.05, 4.69) is 33.7 Å². The zero-order chi connectivity index (χ0) is 25.0. The highest BCUT2D eigenvalue weighted by atomic mass is 32.1. The SMILES string of the molecule is C=C(O)C#Cc1nc(NC[C@@H](N)Cc2ccc(C(F)(F)F)cc2)sc1-c1ccc2cnccc2c1. The Kier molecular flexibility index (Phi) is 7.05. The molecule has 0 aliphatic carbocycles. The lowest BCUT2D eigenvalue weighted by Gasteiger charge is -2.13. The fourth-order valence-electron chi connectivity index (χ4n) is 3.46. The minimum Gasteiger partial charge on any atom is -0.501 e. The smallest absolute Gasteiger partial charge is 0.416 e. The number of hydrogen-bond donors (Lipinski definition) is 3. The number of anilines is 1. The molecule has 0 saturated heterocycles. The van der Waals surface area contributed by atoms with Crippen LogP contribution in [0.15, 0.2) is 73.3 Å². The normalized spacial score (nSPS) is 12.1. The standard InChI is InChI=1S/C26H21F3N4OS/c1-16(34)2-9-23-24(19-5-6-20-14-31-11-10-18(20)13-19)35-25(33-23)32-15-22(30)12-17-3-7-21(8-4-17)26(27,28)29/h3-8,10-11,13-14,22,34H,1,12,15,30H2,(H,32,33)/t22-/m0/s1. The van der Waals surface area contributed by atoms with Crippen molar-refractivity contribution in [2.75, 3.05) is 11.9 Å². The van der Waals surface area contributed by atoms with Gasteiger partial charge in [0.2, 0.25) is 0 Å². The van der Waals surface area contributed by atoms with E-state index in [1.54, 1.807) is 12.4 Å². The first-order chi connectivity index (χ1) is 16.7. The van der Waals surface area contributed by atoms with Crippen molar-refractivity contribution < 1.29 is 18.3 Å². The van der Waals surface area contributed by atoms with Crippen molar-refractivity contribution in [1.29, 1.82) is 0 Å². The summed E-state index contributed by atoms with van der Waals surface area (Å²) in [6, 6.07) is 12.5. The van der Waals surface area contributed by atoms with Gasteiger partial charge in [0.15, 0.2) is 10.9 Å². The number of nitrogens with zero attached hydrogens (tertiary/aromatic N) is 2. The average Bonchev–Trinajstić information content (AvgIpc) is 3.24. The zero-order valence-electron chi connectivity index (χ0n) is 18.4. The van der Waals surface area contributed by atoms with E-state index in [4.69, 9.17) is 5.73 Å². The maximum atomic E-state index is 12.8. The largest absolute Gasteiger partial charge is 0.501 e. The zero-order valence-corrected chi connectivity index (χ0v) is 19.2. The molecule has 9 heteroatoms. The van der Waals surface area contributed by atoms with Gasteiger partial charge in [0.05, 0.1) is 10.4 Å². The molecule has 0 bridgehead atoms. The van der Waals surface area contributed by atoms with E-state index in [0.29, 0.717) is 29.4 Å². The summed E-state index contributed by atoms with van der Waals surface area (Å²) in [5, 5.41) is 15.2. The monoisotopic (exact) mass is 494 g/mol. The first-order valence-corrected chi connectivity index (χ1v) is 11.4. The lowest BCUT2D eigenvalue weighted by atomic mass is 10.0. The van der Waals surface area contributed by atoms with Gasteiger partial charge in [0.25, 0.3) is 0 Å². The first kappa shape index (κ1) is 24.3. The van der Waals surface area contributed by atoms with E-state index < -0.39 is 11.7 Å². The van der Waals surface area contributed by atoms with Crippen LogP contribution in [0.1, 0.15) is 16.8 Å². The molecule has 2 aromatic heterocycles. The van der Waals surface area contributed by atoms with E-state index in [-0.39, 0.29) is 11.8 Å². The van der Waals surface area contributed by atoms with Crippen LogP contribution in [-0.4, -0.2) is 27.7 Å². The van der Waals surface area contributed by atoms with Gasteiger partial charge in [-0.15, -0.1) is 0 Å². The Morgan fingerprint density at radius 1 is 1.14 bits per heavy atom. The van der Waals surface area contributed by atoms with Crippen LogP contribution in [0.3, 0.4) is 0 Å². The molecule has 178 valence electrons. The maximum Gasteiger partial charge on any atom is 0.416 e. The lowest BCUT2D eigenvalue weighted by molar-refractivity contribution is -0.137. The molecule has 1 atom stereocenters. The number of nitrogens with two attached hydrogens (primary N) is 1. The molecule has 4 aromatic rings. The number of thiazole rings is 1. The molecule has 0 spiro atoms.